The van der Waals surface area contributed by atoms with Crippen molar-refractivity contribution in [3.05, 3.63) is 17.6 Å². The Morgan fingerprint density at radius 3 is 2.55 bits per heavy atom. The number of methoxy groups -OCH3 is 2. The van der Waals surface area contributed by atoms with Gasteiger partial charge in [-0.1, -0.05) is 34.6 Å². The van der Waals surface area contributed by atoms with Gasteiger partial charge in [-0.2, -0.15) is 0 Å². The molecule has 3 rings (SSSR count). The highest BCUT2D eigenvalue weighted by Gasteiger charge is 2.42. The van der Waals surface area contributed by atoms with Crippen molar-refractivity contribution in [1.82, 2.24) is 24.7 Å². The molecule has 0 aromatic carbocycles. The molecule has 0 unspecified atom stereocenters. The average Bonchev–Trinajstić information content (AvgIpc) is 3.40. The van der Waals surface area contributed by atoms with E-state index in [4.69, 9.17) is 14.5 Å². The van der Waals surface area contributed by atoms with Crippen LogP contribution in [-0.2, 0) is 19.7 Å². The molecule has 2 aliphatic heterocycles. The zero-order valence-electron chi connectivity index (χ0n) is 26.4. The number of piperidine rings is 1. The van der Waals surface area contributed by atoms with Crippen LogP contribution in [-0.4, -0.2) is 120 Å². The van der Waals surface area contributed by atoms with Crippen LogP contribution in [0.25, 0.3) is 0 Å². The lowest BCUT2D eigenvalue weighted by atomic mass is 9.91. The maximum atomic E-state index is 14.3. The van der Waals surface area contributed by atoms with Crippen LogP contribution < -0.4 is 5.32 Å². The van der Waals surface area contributed by atoms with E-state index < -0.39 is 18.1 Å². The molecule has 42 heavy (non-hydrogen) atoms. The van der Waals surface area contributed by atoms with Crippen molar-refractivity contribution in [1.29, 1.82) is 0 Å². The summed E-state index contributed by atoms with van der Waals surface area (Å²) in [7, 11) is 3.27. The third-order valence-electron chi connectivity index (χ3n) is 7.84. The van der Waals surface area contributed by atoms with Crippen LogP contribution in [0.2, 0.25) is 0 Å². The zero-order valence-corrected chi connectivity index (χ0v) is 26.4. The number of rotatable bonds is 12. The molecule has 1 aromatic heterocycles. The van der Waals surface area contributed by atoms with E-state index in [1.165, 1.54) is 4.90 Å². The summed E-state index contributed by atoms with van der Waals surface area (Å²) < 4.78 is 10.5. The Morgan fingerprint density at radius 2 is 1.93 bits per heavy atom. The number of amides is 3. The summed E-state index contributed by atoms with van der Waals surface area (Å²) in [5.74, 6) is 0.274. The topological polar surface area (TPSA) is 137 Å². The predicted octanol–water partition coefficient (Wildman–Crippen LogP) is 3.33. The fourth-order valence-electron chi connectivity index (χ4n) is 5.76. The molecule has 2 N–H and O–H groups in total. The number of likely N-dealkylation sites (tertiary alicyclic amines) is 2. The number of anilines is 1. The molecule has 12 nitrogen and oxygen atoms in total. The van der Waals surface area contributed by atoms with Crippen molar-refractivity contribution < 1.29 is 29.0 Å². The van der Waals surface area contributed by atoms with E-state index in [9.17, 15) is 19.5 Å². The maximum absolute atomic E-state index is 14.3. The molecule has 3 heterocycles. The molecule has 0 saturated carbocycles. The molecule has 3 amide bonds. The minimum absolute atomic E-state index is 0.0141. The molecule has 0 bridgehead atoms. The first kappa shape index (κ1) is 33.5. The monoisotopic (exact) mass is 590 g/mol. The van der Waals surface area contributed by atoms with Crippen LogP contribution in [0.5, 0.6) is 0 Å². The van der Waals surface area contributed by atoms with Gasteiger partial charge in [0.1, 0.15) is 17.2 Å². The van der Waals surface area contributed by atoms with Crippen LogP contribution in [0.15, 0.2) is 6.20 Å². The van der Waals surface area contributed by atoms with Crippen molar-refractivity contribution in [2.75, 3.05) is 65.5 Å². The number of hydrogen-bond donors (Lipinski definition) is 2. The van der Waals surface area contributed by atoms with Gasteiger partial charge in [0.2, 0.25) is 5.91 Å². The second-order valence-electron chi connectivity index (χ2n) is 12.9. The predicted molar refractivity (Wildman–Crippen MR) is 160 cm³/mol. The van der Waals surface area contributed by atoms with Crippen molar-refractivity contribution in [3.63, 3.8) is 0 Å². The molecule has 2 aliphatic rings. The Labute approximate surface area is 250 Å². The van der Waals surface area contributed by atoms with Crippen molar-refractivity contribution in [2.24, 2.45) is 11.8 Å². The molecular weight excluding hydrogens is 540 g/mol. The number of nitrogens with zero attached hydrogens (tertiary/aromatic N) is 5. The van der Waals surface area contributed by atoms with E-state index in [1.54, 1.807) is 25.3 Å². The lowest BCUT2D eigenvalue weighted by Gasteiger charge is -2.43. The first-order valence-corrected chi connectivity index (χ1v) is 15.1. The van der Waals surface area contributed by atoms with E-state index in [0.29, 0.717) is 56.5 Å². The highest BCUT2D eigenvalue weighted by atomic mass is 16.5. The summed E-state index contributed by atoms with van der Waals surface area (Å²) in [6.45, 7) is 12.9. The van der Waals surface area contributed by atoms with Crippen LogP contribution in [0.4, 0.5) is 10.6 Å². The van der Waals surface area contributed by atoms with E-state index >= 15 is 0 Å². The highest BCUT2D eigenvalue weighted by molar-refractivity contribution is 5.98. The number of ether oxygens (including phenoxy) is 2. The summed E-state index contributed by atoms with van der Waals surface area (Å²) in [6.07, 6.45) is 3.34. The Bertz CT molecular complexity index is 1080. The Kier molecular flexibility index (Phi) is 11.9. The normalized spacial score (nSPS) is 21.1. The summed E-state index contributed by atoms with van der Waals surface area (Å²) in [5.41, 5.74) is 0.00764. The standard InChI is InChI=1S/C30H50N6O6/c1-20(2)16-36(27(38)24-15-32-28(30(3,4)5)33-25(24)31-11-9-13-41-6)23-14-21(17-34(18-23)29(39)40)26(37)35-12-8-10-22(35)19-42-7/h15,20-23H,8-14,16-19H2,1-7H3,(H,39,40)(H,31,32,33)/t21-,22+,23+/m1/s1. The number of carbonyl (C=O) groups is 3. The number of nitrogens with one attached hydrogen (secondary N) is 1. The van der Waals surface area contributed by atoms with Gasteiger partial charge in [-0.25, -0.2) is 14.8 Å². The molecule has 236 valence electrons. The van der Waals surface area contributed by atoms with Crippen LogP contribution in [0.3, 0.4) is 0 Å². The van der Waals surface area contributed by atoms with E-state index in [2.05, 4.69) is 10.3 Å². The maximum Gasteiger partial charge on any atom is 0.407 e. The SMILES string of the molecule is COCCCNc1nc(C(C)(C)C)ncc1C(=O)N(CC(C)C)[C@H]1C[C@@H](C(=O)N2CCC[C@H]2COC)CN(C(=O)O)C1. The molecule has 0 radical (unpaired) electrons. The van der Waals surface area contributed by atoms with Gasteiger partial charge in [0.25, 0.3) is 5.91 Å². The van der Waals surface area contributed by atoms with E-state index in [0.717, 1.165) is 19.3 Å². The molecule has 3 atom stereocenters. The van der Waals surface area contributed by atoms with Gasteiger partial charge in [0.05, 0.1) is 24.6 Å². The number of hydrogen-bond acceptors (Lipinski definition) is 8. The van der Waals surface area contributed by atoms with Gasteiger partial charge in [-0.05, 0) is 31.6 Å². The second-order valence-corrected chi connectivity index (χ2v) is 12.9. The highest BCUT2D eigenvalue weighted by Crippen LogP contribution is 2.30. The van der Waals surface area contributed by atoms with Crippen molar-refractivity contribution in [3.8, 4) is 0 Å². The lowest BCUT2D eigenvalue weighted by molar-refractivity contribution is -0.139. The van der Waals surface area contributed by atoms with Gasteiger partial charge >= 0.3 is 6.09 Å². The first-order chi connectivity index (χ1) is 19.9. The minimum Gasteiger partial charge on any atom is -0.465 e. The van der Waals surface area contributed by atoms with E-state index in [1.807, 2.05) is 39.5 Å². The summed E-state index contributed by atoms with van der Waals surface area (Å²) in [4.78, 5) is 54.4. The summed E-state index contributed by atoms with van der Waals surface area (Å²) in [6, 6.07) is -0.495. The molecule has 0 aliphatic carbocycles. The Morgan fingerprint density at radius 1 is 1.19 bits per heavy atom. The summed E-state index contributed by atoms with van der Waals surface area (Å²) in [5, 5.41) is 13.3. The zero-order chi connectivity index (χ0) is 31.0. The van der Waals surface area contributed by atoms with E-state index in [-0.39, 0.29) is 42.3 Å². The van der Waals surface area contributed by atoms with Crippen LogP contribution in [0, 0.1) is 11.8 Å². The molecule has 2 saturated heterocycles. The van der Waals surface area contributed by atoms with Crippen molar-refractivity contribution in [2.45, 2.75) is 77.8 Å². The molecule has 1 aromatic rings. The van der Waals surface area contributed by atoms with Gasteiger partial charge in [-0.15, -0.1) is 0 Å². The van der Waals surface area contributed by atoms with Crippen molar-refractivity contribution >= 4 is 23.7 Å². The van der Waals surface area contributed by atoms with Gasteiger partial charge in [-0.3, -0.25) is 9.59 Å². The number of carbonyl (C=O) groups excluding carboxylic acids is 2. The average molecular weight is 591 g/mol. The van der Waals surface area contributed by atoms with Crippen LogP contribution in [0.1, 0.15) is 76.5 Å². The van der Waals surface area contributed by atoms with Gasteiger partial charge in [0.15, 0.2) is 0 Å². The summed E-state index contributed by atoms with van der Waals surface area (Å²) >= 11 is 0. The molecule has 0 spiro atoms. The fourth-order valence-corrected chi connectivity index (χ4v) is 5.76. The number of aromatic nitrogens is 2. The van der Waals surface area contributed by atoms with Gasteiger partial charge in [0, 0.05) is 65.2 Å². The van der Waals surface area contributed by atoms with Gasteiger partial charge < -0.3 is 34.6 Å². The quantitative estimate of drug-likeness (QED) is 0.351. The Balaban J connectivity index is 1.95. The second kappa shape index (κ2) is 15.0. The molecular formula is C30H50N6O6. The smallest absolute Gasteiger partial charge is 0.407 e. The molecule has 12 heteroatoms. The molecule has 2 fully saturated rings. The minimum atomic E-state index is -1.09. The largest absolute Gasteiger partial charge is 0.465 e. The fraction of sp³-hybridized carbons (Fsp3) is 0.767. The third kappa shape index (κ3) is 8.53. The lowest BCUT2D eigenvalue weighted by Crippen LogP contribution is -2.57. The Hall–Kier alpha value is -2.99. The third-order valence-corrected chi connectivity index (χ3v) is 7.84. The first-order valence-electron chi connectivity index (χ1n) is 15.1. The number of carboxylic acid groups (broad SMARTS) is 1. The van der Waals surface area contributed by atoms with Crippen LogP contribution >= 0.6 is 0 Å².